The zero-order valence-corrected chi connectivity index (χ0v) is 16.5. The van der Waals surface area contributed by atoms with E-state index >= 15 is 0 Å². The molecule has 0 atom stereocenters. The summed E-state index contributed by atoms with van der Waals surface area (Å²) in [5.41, 5.74) is 0.550. The second-order valence-corrected chi connectivity index (χ2v) is 8.97. The molecule has 1 aliphatic rings. The molecule has 2 aromatic rings. The van der Waals surface area contributed by atoms with E-state index in [0.717, 1.165) is 15.7 Å². The Balaban J connectivity index is 1.71. The first kappa shape index (κ1) is 19.2. The fourth-order valence-corrected chi connectivity index (χ4v) is 4.70. The van der Waals surface area contributed by atoms with Crippen LogP contribution in [0.5, 0.6) is 0 Å². The Morgan fingerprint density at radius 2 is 1.65 bits per heavy atom. The van der Waals surface area contributed by atoms with Crippen LogP contribution in [0.1, 0.15) is 10.4 Å². The first-order valence-corrected chi connectivity index (χ1v) is 10.3. The summed E-state index contributed by atoms with van der Waals surface area (Å²) in [6, 6.07) is 9.66. The average Bonchev–Trinajstić information content (AvgIpc) is 2.63. The third-order valence-corrected chi connectivity index (χ3v) is 6.69. The molecular weight excluding hydrogens is 477 g/mol. The Bertz CT molecular complexity index is 945. The van der Waals surface area contributed by atoms with Gasteiger partial charge in [0.15, 0.2) is 11.6 Å². The first-order chi connectivity index (χ1) is 12.3. The van der Waals surface area contributed by atoms with E-state index in [-0.39, 0.29) is 37.0 Å². The van der Waals surface area contributed by atoms with Crippen molar-refractivity contribution in [3.8, 4) is 0 Å². The number of carbonyl (C=O) groups is 1. The highest BCUT2D eigenvalue weighted by molar-refractivity contribution is 14.1. The molecule has 1 amide bonds. The van der Waals surface area contributed by atoms with Crippen LogP contribution in [0.2, 0.25) is 0 Å². The van der Waals surface area contributed by atoms with E-state index in [1.165, 1.54) is 4.31 Å². The average molecular weight is 492 g/mol. The minimum absolute atomic E-state index is 0.0942. The number of benzene rings is 2. The summed E-state index contributed by atoms with van der Waals surface area (Å²) in [5, 5.41) is 0. The molecule has 1 saturated heterocycles. The molecule has 0 unspecified atom stereocenters. The summed E-state index contributed by atoms with van der Waals surface area (Å²) in [5.74, 6) is -2.47. The molecule has 5 nitrogen and oxygen atoms in total. The van der Waals surface area contributed by atoms with Gasteiger partial charge in [-0.3, -0.25) is 4.79 Å². The largest absolute Gasteiger partial charge is 0.336 e. The molecule has 26 heavy (non-hydrogen) atoms. The summed E-state index contributed by atoms with van der Waals surface area (Å²) in [6.45, 7) is 0.647. The quantitative estimate of drug-likeness (QED) is 0.620. The van der Waals surface area contributed by atoms with E-state index in [4.69, 9.17) is 0 Å². The zero-order chi connectivity index (χ0) is 18.9. The number of carbonyl (C=O) groups excluding carboxylic acids is 1. The molecule has 9 heteroatoms. The molecule has 0 N–H and O–H groups in total. The molecule has 1 heterocycles. The maximum atomic E-state index is 13.4. The number of piperazine rings is 1. The Hall–Kier alpha value is -1.59. The van der Waals surface area contributed by atoms with Crippen molar-refractivity contribution < 1.29 is 22.0 Å². The van der Waals surface area contributed by atoms with Crippen LogP contribution in [0.4, 0.5) is 8.78 Å². The summed E-state index contributed by atoms with van der Waals surface area (Å²) >= 11 is 2.12. The van der Waals surface area contributed by atoms with Crippen LogP contribution in [0.3, 0.4) is 0 Å². The van der Waals surface area contributed by atoms with Crippen LogP contribution in [0.15, 0.2) is 47.4 Å². The lowest BCUT2D eigenvalue weighted by molar-refractivity contribution is 0.0698. The van der Waals surface area contributed by atoms with Crippen molar-refractivity contribution in [2.24, 2.45) is 0 Å². The SMILES string of the molecule is O=C(c1cccc(I)c1)N1CCN(S(=O)(=O)c2ccc(F)c(F)c2)CC1. The van der Waals surface area contributed by atoms with Crippen molar-refractivity contribution in [2.75, 3.05) is 26.2 Å². The third-order valence-electron chi connectivity index (χ3n) is 4.13. The van der Waals surface area contributed by atoms with Crippen LogP contribution in [0.25, 0.3) is 0 Å². The molecule has 0 spiro atoms. The van der Waals surface area contributed by atoms with Gasteiger partial charge in [-0.05, 0) is 59.0 Å². The molecule has 3 rings (SSSR count). The van der Waals surface area contributed by atoms with E-state index in [2.05, 4.69) is 22.6 Å². The minimum Gasteiger partial charge on any atom is -0.336 e. The fraction of sp³-hybridized carbons (Fsp3) is 0.235. The maximum Gasteiger partial charge on any atom is 0.253 e. The van der Waals surface area contributed by atoms with E-state index in [9.17, 15) is 22.0 Å². The lowest BCUT2D eigenvalue weighted by Gasteiger charge is -2.34. The Morgan fingerprint density at radius 1 is 0.962 bits per heavy atom. The number of nitrogens with zero attached hydrogens (tertiary/aromatic N) is 2. The van der Waals surface area contributed by atoms with Crippen molar-refractivity contribution in [2.45, 2.75) is 4.90 Å². The van der Waals surface area contributed by atoms with Crippen molar-refractivity contribution in [1.29, 1.82) is 0 Å². The predicted octanol–water partition coefficient (Wildman–Crippen LogP) is 2.72. The molecule has 1 fully saturated rings. The third kappa shape index (κ3) is 3.89. The van der Waals surface area contributed by atoms with Gasteiger partial charge in [0.1, 0.15) is 0 Å². The fourth-order valence-electron chi connectivity index (χ4n) is 2.72. The van der Waals surface area contributed by atoms with Crippen molar-refractivity contribution in [1.82, 2.24) is 9.21 Å². The summed E-state index contributed by atoms with van der Waals surface area (Å²) in [6.07, 6.45) is 0. The number of halogens is 3. The highest BCUT2D eigenvalue weighted by atomic mass is 127. The molecule has 0 bridgehead atoms. The standard InChI is InChI=1S/C17H15F2IN2O3S/c18-15-5-4-14(11-16(15)19)26(24,25)22-8-6-21(7-9-22)17(23)12-2-1-3-13(20)10-12/h1-5,10-11H,6-9H2. The first-order valence-electron chi connectivity index (χ1n) is 7.79. The Labute approximate surface area is 163 Å². The number of rotatable bonds is 3. The normalized spacial score (nSPS) is 15.9. The molecule has 0 saturated carbocycles. The number of amides is 1. The topological polar surface area (TPSA) is 57.7 Å². The number of sulfonamides is 1. The van der Waals surface area contributed by atoms with Gasteiger partial charge in [0.25, 0.3) is 5.91 Å². The van der Waals surface area contributed by atoms with Gasteiger partial charge in [-0.1, -0.05) is 6.07 Å². The van der Waals surface area contributed by atoms with Gasteiger partial charge < -0.3 is 4.90 Å². The zero-order valence-electron chi connectivity index (χ0n) is 13.5. The monoisotopic (exact) mass is 492 g/mol. The van der Waals surface area contributed by atoms with Gasteiger partial charge in [0.2, 0.25) is 10.0 Å². The summed E-state index contributed by atoms with van der Waals surface area (Å²) < 4.78 is 53.6. The van der Waals surface area contributed by atoms with Crippen molar-refractivity contribution in [3.05, 3.63) is 63.2 Å². The molecule has 0 radical (unpaired) electrons. The highest BCUT2D eigenvalue weighted by Crippen LogP contribution is 2.20. The number of hydrogen-bond donors (Lipinski definition) is 0. The van der Waals surface area contributed by atoms with Gasteiger partial charge in [0, 0.05) is 35.3 Å². The van der Waals surface area contributed by atoms with Crippen LogP contribution >= 0.6 is 22.6 Å². The van der Waals surface area contributed by atoms with E-state index in [0.29, 0.717) is 11.6 Å². The Kier molecular flexibility index (Phi) is 5.58. The smallest absolute Gasteiger partial charge is 0.253 e. The van der Waals surface area contributed by atoms with Crippen LogP contribution < -0.4 is 0 Å². The predicted molar refractivity (Wildman–Crippen MR) is 100 cm³/mol. The maximum absolute atomic E-state index is 13.4. The second kappa shape index (κ2) is 7.57. The van der Waals surface area contributed by atoms with E-state index < -0.39 is 21.7 Å². The molecule has 1 aliphatic heterocycles. The van der Waals surface area contributed by atoms with Gasteiger partial charge in [-0.25, -0.2) is 17.2 Å². The van der Waals surface area contributed by atoms with E-state index in [1.54, 1.807) is 23.1 Å². The van der Waals surface area contributed by atoms with Crippen LogP contribution in [-0.2, 0) is 10.0 Å². The van der Waals surface area contributed by atoms with Gasteiger partial charge in [-0.2, -0.15) is 4.31 Å². The highest BCUT2D eigenvalue weighted by Gasteiger charge is 2.31. The summed E-state index contributed by atoms with van der Waals surface area (Å²) in [7, 11) is -3.93. The molecular formula is C17H15F2IN2O3S. The van der Waals surface area contributed by atoms with Gasteiger partial charge >= 0.3 is 0 Å². The number of hydrogen-bond acceptors (Lipinski definition) is 3. The minimum atomic E-state index is -3.93. The molecule has 2 aromatic carbocycles. The van der Waals surface area contributed by atoms with Gasteiger partial charge in [0.05, 0.1) is 4.90 Å². The lowest BCUT2D eigenvalue weighted by atomic mass is 10.2. The van der Waals surface area contributed by atoms with E-state index in [1.807, 2.05) is 6.07 Å². The lowest BCUT2D eigenvalue weighted by Crippen LogP contribution is -2.50. The summed E-state index contributed by atoms with van der Waals surface area (Å²) in [4.78, 5) is 13.8. The Morgan fingerprint density at radius 3 is 2.27 bits per heavy atom. The molecule has 0 aliphatic carbocycles. The van der Waals surface area contributed by atoms with Gasteiger partial charge in [-0.15, -0.1) is 0 Å². The molecule has 138 valence electrons. The van der Waals surface area contributed by atoms with Crippen LogP contribution in [-0.4, -0.2) is 49.7 Å². The molecule has 0 aromatic heterocycles. The second-order valence-electron chi connectivity index (χ2n) is 5.78. The van der Waals surface area contributed by atoms with Crippen LogP contribution in [0, 0.1) is 15.2 Å². The van der Waals surface area contributed by atoms with Crippen molar-refractivity contribution >= 4 is 38.5 Å². The van der Waals surface area contributed by atoms with Crippen molar-refractivity contribution in [3.63, 3.8) is 0 Å².